The third-order valence-corrected chi connectivity index (χ3v) is 7.55. The van der Waals surface area contributed by atoms with E-state index in [0.717, 1.165) is 11.1 Å². The van der Waals surface area contributed by atoms with Crippen LogP contribution >= 0.6 is 15.9 Å². The number of sulfonamides is 1. The lowest BCUT2D eigenvalue weighted by Gasteiger charge is -2.53. The molecule has 0 radical (unpaired) electrons. The zero-order valence-corrected chi connectivity index (χ0v) is 16.5. The molecule has 2 aromatic carbocycles. The normalized spacial score (nSPS) is 24.8. The number of alkyl halides is 1. The third-order valence-electron chi connectivity index (χ3n) is 4.62. The molecule has 24 heavy (non-hydrogen) atoms. The summed E-state index contributed by atoms with van der Waals surface area (Å²) in [6.07, 6.45) is 0. The molecule has 1 heterocycles. The van der Waals surface area contributed by atoms with Gasteiger partial charge in [0.2, 0.25) is 10.0 Å². The molecule has 3 nitrogen and oxygen atoms in total. The third kappa shape index (κ3) is 2.93. The highest BCUT2D eigenvalue weighted by Crippen LogP contribution is 2.49. The van der Waals surface area contributed by atoms with Gasteiger partial charge in [-0.2, -0.15) is 4.31 Å². The molecule has 3 atom stereocenters. The van der Waals surface area contributed by atoms with Gasteiger partial charge >= 0.3 is 0 Å². The molecule has 1 aliphatic rings. The Bertz CT molecular complexity index is 803. The molecule has 3 rings (SSSR count). The van der Waals surface area contributed by atoms with E-state index in [1.165, 1.54) is 0 Å². The maximum atomic E-state index is 13.3. The second-order valence-electron chi connectivity index (χ2n) is 6.68. The molecular weight excluding hydrogens is 386 g/mol. The van der Waals surface area contributed by atoms with E-state index in [1.807, 2.05) is 49.4 Å². The summed E-state index contributed by atoms with van der Waals surface area (Å²) in [5.41, 5.74) is 2.07. The Labute approximate surface area is 152 Å². The zero-order valence-electron chi connectivity index (χ0n) is 14.1. The minimum atomic E-state index is -3.54. The Kier molecular flexibility index (Phi) is 4.87. The summed E-state index contributed by atoms with van der Waals surface area (Å²) in [4.78, 5) is 0.471. The van der Waals surface area contributed by atoms with Crippen molar-refractivity contribution in [3.8, 4) is 0 Å². The standard InChI is InChI=1S/C19H22BrNO2S/c1-13(2)18-17(20)19(15-7-5-4-6-8-15)21(18)24(22,23)16-11-9-14(3)10-12-16/h4-13,17-19H,1-3H3/t17-,18+,19-/m1/s1. The summed E-state index contributed by atoms with van der Waals surface area (Å²) in [5, 5.41) is 0. The Balaban J connectivity index is 2.05. The minimum Gasteiger partial charge on any atom is -0.207 e. The molecule has 0 N–H and O–H groups in total. The maximum Gasteiger partial charge on any atom is 0.243 e. The summed E-state index contributed by atoms with van der Waals surface area (Å²) in [7, 11) is -3.54. The van der Waals surface area contributed by atoms with E-state index < -0.39 is 10.0 Å². The van der Waals surface area contributed by atoms with Crippen molar-refractivity contribution in [3.63, 3.8) is 0 Å². The number of nitrogens with zero attached hydrogens (tertiary/aromatic N) is 1. The first-order valence-corrected chi connectivity index (χ1v) is 10.5. The number of hydrogen-bond donors (Lipinski definition) is 0. The van der Waals surface area contributed by atoms with E-state index in [4.69, 9.17) is 0 Å². The van der Waals surface area contributed by atoms with Gasteiger partial charge in [0.25, 0.3) is 0 Å². The molecule has 128 valence electrons. The van der Waals surface area contributed by atoms with Crippen LogP contribution in [0.25, 0.3) is 0 Å². The second kappa shape index (κ2) is 6.62. The first kappa shape index (κ1) is 17.6. The number of halogens is 1. The Hall–Kier alpha value is -1.17. The number of aryl methyl sites for hydroxylation is 1. The molecule has 1 aliphatic heterocycles. The largest absolute Gasteiger partial charge is 0.243 e. The van der Waals surface area contributed by atoms with Gasteiger partial charge in [-0.05, 0) is 30.5 Å². The van der Waals surface area contributed by atoms with Crippen molar-refractivity contribution in [3.05, 3.63) is 65.7 Å². The summed E-state index contributed by atoms with van der Waals surface area (Å²) in [6, 6.07) is 16.7. The van der Waals surface area contributed by atoms with Crippen LogP contribution in [0.5, 0.6) is 0 Å². The summed E-state index contributed by atoms with van der Waals surface area (Å²) < 4.78 is 28.2. The molecule has 5 heteroatoms. The van der Waals surface area contributed by atoms with Gasteiger partial charge < -0.3 is 0 Å². The lowest BCUT2D eigenvalue weighted by atomic mass is 9.84. The molecular formula is C19H22BrNO2S. The highest BCUT2D eigenvalue weighted by molar-refractivity contribution is 9.09. The fourth-order valence-electron chi connectivity index (χ4n) is 3.34. The van der Waals surface area contributed by atoms with Gasteiger partial charge in [-0.15, -0.1) is 0 Å². The lowest BCUT2D eigenvalue weighted by molar-refractivity contribution is 0.0888. The van der Waals surface area contributed by atoms with Gasteiger partial charge in [0.1, 0.15) is 0 Å². The smallest absolute Gasteiger partial charge is 0.207 e. The van der Waals surface area contributed by atoms with E-state index in [0.29, 0.717) is 4.90 Å². The number of rotatable bonds is 4. The molecule has 0 aromatic heterocycles. The molecule has 1 saturated heterocycles. The molecule has 0 aliphatic carbocycles. The van der Waals surface area contributed by atoms with Crippen molar-refractivity contribution in [2.24, 2.45) is 5.92 Å². The average Bonchev–Trinajstić information content (AvgIpc) is 2.53. The molecule has 0 unspecified atom stereocenters. The maximum absolute atomic E-state index is 13.3. The van der Waals surface area contributed by atoms with E-state index in [-0.39, 0.29) is 22.8 Å². The van der Waals surface area contributed by atoms with E-state index in [9.17, 15) is 8.42 Å². The zero-order chi connectivity index (χ0) is 17.5. The summed E-state index contributed by atoms with van der Waals surface area (Å²) in [5.74, 6) is 0.231. The van der Waals surface area contributed by atoms with Crippen LogP contribution in [-0.2, 0) is 10.0 Å². The van der Waals surface area contributed by atoms with Gasteiger partial charge in [-0.1, -0.05) is 77.8 Å². The van der Waals surface area contributed by atoms with E-state index in [1.54, 1.807) is 16.4 Å². The molecule has 0 saturated carbocycles. The van der Waals surface area contributed by atoms with Crippen LogP contribution in [0.3, 0.4) is 0 Å². The van der Waals surface area contributed by atoms with Gasteiger partial charge in [-0.3, -0.25) is 0 Å². The minimum absolute atomic E-state index is 0.0542. The van der Waals surface area contributed by atoms with Crippen LogP contribution < -0.4 is 0 Å². The Morgan fingerprint density at radius 2 is 1.58 bits per heavy atom. The highest BCUT2D eigenvalue weighted by atomic mass is 79.9. The van der Waals surface area contributed by atoms with Crippen LogP contribution in [-0.4, -0.2) is 23.6 Å². The monoisotopic (exact) mass is 407 g/mol. The fraction of sp³-hybridized carbons (Fsp3) is 0.368. The quantitative estimate of drug-likeness (QED) is 0.698. The molecule has 0 bridgehead atoms. The average molecular weight is 408 g/mol. The molecule has 2 aromatic rings. The predicted octanol–water partition coefficient (Wildman–Crippen LogP) is 4.53. The van der Waals surface area contributed by atoms with Gasteiger partial charge in [-0.25, -0.2) is 8.42 Å². The Morgan fingerprint density at radius 3 is 2.12 bits per heavy atom. The first-order chi connectivity index (χ1) is 11.3. The van der Waals surface area contributed by atoms with Crippen LogP contribution in [0.15, 0.2) is 59.5 Å². The number of benzene rings is 2. The highest BCUT2D eigenvalue weighted by Gasteiger charge is 2.54. The number of hydrogen-bond acceptors (Lipinski definition) is 2. The van der Waals surface area contributed by atoms with Gasteiger partial charge in [0, 0.05) is 6.04 Å². The van der Waals surface area contributed by atoms with Crippen molar-refractivity contribution in [1.29, 1.82) is 0 Å². The SMILES string of the molecule is Cc1ccc(S(=O)(=O)N2[C@H](c3ccccc3)[C@H](Br)[C@@H]2C(C)C)cc1. The lowest BCUT2D eigenvalue weighted by Crippen LogP contribution is -2.63. The molecule has 1 fully saturated rings. The van der Waals surface area contributed by atoms with Gasteiger partial charge in [0.15, 0.2) is 0 Å². The van der Waals surface area contributed by atoms with E-state index >= 15 is 0 Å². The van der Waals surface area contributed by atoms with Crippen molar-refractivity contribution < 1.29 is 8.42 Å². The summed E-state index contributed by atoms with van der Waals surface area (Å²) >= 11 is 3.74. The Morgan fingerprint density at radius 1 is 1.00 bits per heavy atom. The first-order valence-electron chi connectivity index (χ1n) is 8.13. The van der Waals surface area contributed by atoms with Crippen molar-refractivity contribution in [2.75, 3.05) is 0 Å². The van der Waals surface area contributed by atoms with E-state index in [2.05, 4.69) is 29.8 Å². The summed E-state index contributed by atoms with van der Waals surface area (Å²) in [6.45, 7) is 6.09. The molecule has 0 amide bonds. The second-order valence-corrected chi connectivity index (χ2v) is 9.58. The van der Waals surface area contributed by atoms with Crippen molar-refractivity contribution in [1.82, 2.24) is 4.31 Å². The van der Waals surface area contributed by atoms with Crippen molar-refractivity contribution in [2.45, 2.75) is 42.6 Å². The predicted molar refractivity (Wildman–Crippen MR) is 101 cm³/mol. The van der Waals surface area contributed by atoms with Crippen LogP contribution in [0.4, 0.5) is 0 Å². The van der Waals surface area contributed by atoms with Crippen molar-refractivity contribution >= 4 is 26.0 Å². The molecule has 0 spiro atoms. The van der Waals surface area contributed by atoms with Crippen LogP contribution in [0.1, 0.15) is 31.0 Å². The van der Waals surface area contributed by atoms with Gasteiger partial charge in [0.05, 0.1) is 15.8 Å². The fourth-order valence-corrected chi connectivity index (χ4v) is 7.04. The van der Waals surface area contributed by atoms with Crippen LogP contribution in [0, 0.1) is 12.8 Å². The topological polar surface area (TPSA) is 37.4 Å². The van der Waals surface area contributed by atoms with Crippen LogP contribution in [0.2, 0.25) is 0 Å².